The molecule has 6 heteroatoms. The minimum Gasteiger partial charge on any atom is -0.390 e. The molecular weight excluding hydrogens is 388 g/mol. The second kappa shape index (κ2) is 7.10. The molecule has 5 rings (SSSR count). The van der Waals surface area contributed by atoms with Crippen LogP contribution in [0.2, 0.25) is 0 Å². The largest absolute Gasteiger partial charge is 0.390 e. The van der Waals surface area contributed by atoms with Gasteiger partial charge in [-0.3, -0.25) is 4.79 Å². The number of carbonyl (C=O) groups is 1. The van der Waals surface area contributed by atoms with E-state index in [2.05, 4.69) is 36.3 Å². The van der Waals surface area contributed by atoms with Gasteiger partial charge in [0.2, 0.25) is 0 Å². The number of aliphatic hydroxyl groups is 1. The van der Waals surface area contributed by atoms with Crippen molar-refractivity contribution in [3.63, 3.8) is 0 Å². The summed E-state index contributed by atoms with van der Waals surface area (Å²) in [5.74, 6) is 4.58. The molecule has 4 saturated carbocycles. The molecule has 1 N–H and O–H groups in total. The summed E-state index contributed by atoms with van der Waals surface area (Å²) in [5.41, 5.74) is -0.0245. The Labute approximate surface area is 186 Å². The lowest BCUT2D eigenvalue weighted by molar-refractivity contribution is -0.166. The predicted octanol–water partition coefficient (Wildman–Crippen LogP) is 4.21. The summed E-state index contributed by atoms with van der Waals surface area (Å²) in [6, 6.07) is 0. The van der Waals surface area contributed by atoms with E-state index in [-0.39, 0.29) is 11.3 Å². The smallest absolute Gasteiger partial charge is 0.158 e. The van der Waals surface area contributed by atoms with Crippen LogP contribution in [0.15, 0.2) is 0 Å². The van der Waals surface area contributed by atoms with Crippen LogP contribution in [0.5, 0.6) is 0 Å². The quantitative estimate of drug-likeness (QED) is 0.780. The van der Waals surface area contributed by atoms with E-state index in [0.717, 1.165) is 43.9 Å². The molecule has 4 aliphatic rings. The summed E-state index contributed by atoms with van der Waals surface area (Å²) in [5, 5.41) is 22.4. The van der Waals surface area contributed by atoms with Crippen molar-refractivity contribution < 1.29 is 9.90 Å². The Hall–Kier alpha value is -1.30. The second-order valence-electron chi connectivity index (χ2n) is 12.4. The van der Waals surface area contributed by atoms with Gasteiger partial charge in [0.25, 0.3) is 0 Å². The maximum Gasteiger partial charge on any atom is 0.158 e. The van der Waals surface area contributed by atoms with Gasteiger partial charge in [-0.05, 0) is 116 Å². The Morgan fingerprint density at radius 2 is 1.84 bits per heavy atom. The minimum absolute atomic E-state index is 0.109. The third kappa shape index (κ3) is 3.22. The fourth-order valence-corrected chi connectivity index (χ4v) is 9.00. The van der Waals surface area contributed by atoms with Crippen molar-refractivity contribution in [3.8, 4) is 0 Å². The van der Waals surface area contributed by atoms with Crippen molar-refractivity contribution >= 4 is 5.78 Å². The highest BCUT2D eigenvalue weighted by Crippen LogP contribution is 2.69. The fourth-order valence-electron chi connectivity index (χ4n) is 9.00. The number of tetrazole rings is 1. The molecule has 31 heavy (non-hydrogen) atoms. The van der Waals surface area contributed by atoms with Gasteiger partial charge in [0.15, 0.2) is 5.78 Å². The lowest BCUT2D eigenvalue weighted by atomic mass is 9.42. The van der Waals surface area contributed by atoms with Crippen molar-refractivity contribution in [2.24, 2.45) is 46.3 Å². The van der Waals surface area contributed by atoms with Crippen molar-refractivity contribution in [3.05, 3.63) is 5.82 Å². The molecule has 1 aromatic heterocycles. The van der Waals surface area contributed by atoms with Gasteiger partial charge >= 0.3 is 0 Å². The summed E-state index contributed by atoms with van der Waals surface area (Å²) in [7, 11) is 0. The number of nitrogens with zero attached hydrogens (tertiary/aromatic N) is 4. The number of carbonyl (C=O) groups excluding carboxylic acids is 1. The molecule has 6 nitrogen and oxygen atoms in total. The van der Waals surface area contributed by atoms with E-state index < -0.39 is 5.60 Å². The van der Waals surface area contributed by atoms with Crippen LogP contribution >= 0.6 is 0 Å². The number of hydrogen-bond donors (Lipinski definition) is 1. The van der Waals surface area contributed by atoms with Crippen molar-refractivity contribution in [2.45, 2.75) is 98.1 Å². The number of Topliss-reactive ketones (excluding diaryl/α,β-unsaturated/α-hetero) is 1. The van der Waals surface area contributed by atoms with Crippen LogP contribution in [0.3, 0.4) is 0 Å². The lowest BCUT2D eigenvalue weighted by Crippen LogP contribution is -2.58. The molecule has 1 heterocycles. The van der Waals surface area contributed by atoms with Crippen molar-refractivity contribution in [2.75, 3.05) is 0 Å². The highest BCUT2D eigenvalue weighted by atomic mass is 16.3. The summed E-state index contributed by atoms with van der Waals surface area (Å²) < 4.78 is 1.66. The third-order valence-corrected chi connectivity index (χ3v) is 10.7. The highest BCUT2D eigenvalue weighted by Gasteiger charge is 2.63. The first-order chi connectivity index (χ1) is 14.6. The van der Waals surface area contributed by atoms with Crippen LogP contribution < -0.4 is 0 Å². The Morgan fingerprint density at radius 3 is 2.55 bits per heavy atom. The number of hydrogen-bond acceptors (Lipinski definition) is 5. The van der Waals surface area contributed by atoms with Crippen LogP contribution in [0.25, 0.3) is 0 Å². The molecule has 0 aromatic carbocycles. The first-order valence-corrected chi connectivity index (χ1v) is 12.5. The monoisotopic (exact) mass is 428 g/mol. The number of rotatable bonds is 3. The number of fused-ring (bicyclic) bond motifs is 5. The van der Waals surface area contributed by atoms with Crippen LogP contribution in [0.4, 0.5) is 0 Å². The molecule has 0 bridgehead atoms. The molecule has 0 radical (unpaired) electrons. The Balaban J connectivity index is 1.39. The van der Waals surface area contributed by atoms with Gasteiger partial charge in [0.1, 0.15) is 12.4 Å². The van der Waals surface area contributed by atoms with Crippen LogP contribution in [-0.2, 0) is 11.3 Å². The summed E-state index contributed by atoms with van der Waals surface area (Å²) >= 11 is 0. The molecule has 0 spiro atoms. The van der Waals surface area contributed by atoms with Crippen LogP contribution in [0, 0.1) is 53.3 Å². The van der Waals surface area contributed by atoms with Gasteiger partial charge in [-0.25, -0.2) is 4.68 Å². The van der Waals surface area contributed by atoms with E-state index in [9.17, 15) is 9.90 Å². The Kier molecular flexibility index (Phi) is 4.93. The minimum atomic E-state index is -0.487. The van der Waals surface area contributed by atoms with Gasteiger partial charge < -0.3 is 5.11 Å². The van der Waals surface area contributed by atoms with E-state index in [1.807, 2.05) is 13.8 Å². The lowest BCUT2D eigenvalue weighted by Gasteiger charge is -2.63. The number of ketones is 1. The van der Waals surface area contributed by atoms with Gasteiger partial charge in [0, 0.05) is 5.92 Å². The molecule has 9 atom stereocenters. The molecule has 172 valence electrons. The first-order valence-electron chi connectivity index (χ1n) is 12.5. The molecule has 0 amide bonds. The standard InChI is InChI=1S/C25H40N4O2/c1-15-12-17-13-23(3,31)10-11-24(17,4)20-8-9-25(5)18(6-7-19(25)22(15)20)21(30)14-29-16(2)26-27-28-29/h15,17-20,22,31H,6-14H2,1-5H3/t15-,17+,18+,19+,20+,22+,23-,24+,25-/m1/s1. The SMILES string of the molecule is Cc1nnnn1CC(=O)[C@@H]1CC[C@H]2[C@@H]3[C@H](C)C[C@H]4C[C@](C)(O)CC[C@]4(C)[C@H]3CC[C@]12C. The van der Waals surface area contributed by atoms with E-state index in [0.29, 0.717) is 41.3 Å². The summed E-state index contributed by atoms with van der Waals surface area (Å²) in [6.07, 6.45) is 8.90. The van der Waals surface area contributed by atoms with Crippen LogP contribution in [-0.4, -0.2) is 36.7 Å². The average Bonchev–Trinajstić information content (AvgIpc) is 3.25. The predicted molar refractivity (Wildman–Crippen MR) is 118 cm³/mol. The highest BCUT2D eigenvalue weighted by molar-refractivity contribution is 5.82. The van der Waals surface area contributed by atoms with Crippen molar-refractivity contribution in [1.29, 1.82) is 0 Å². The molecule has 0 aliphatic heterocycles. The maximum absolute atomic E-state index is 13.4. The molecule has 0 unspecified atom stereocenters. The zero-order valence-corrected chi connectivity index (χ0v) is 20.0. The summed E-state index contributed by atoms with van der Waals surface area (Å²) in [6.45, 7) is 11.6. The van der Waals surface area contributed by atoms with E-state index in [1.165, 1.54) is 19.3 Å². The summed E-state index contributed by atoms with van der Waals surface area (Å²) in [4.78, 5) is 13.4. The van der Waals surface area contributed by atoms with Gasteiger partial charge in [0.05, 0.1) is 5.60 Å². The molecule has 4 aliphatic carbocycles. The number of aromatic nitrogens is 4. The van der Waals surface area contributed by atoms with Gasteiger partial charge in [-0.2, -0.15) is 0 Å². The van der Waals surface area contributed by atoms with Crippen molar-refractivity contribution in [1.82, 2.24) is 20.2 Å². The molecule has 1 aromatic rings. The Bertz CT molecular complexity index is 865. The molecule has 0 saturated heterocycles. The van der Waals surface area contributed by atoms with E-state index >= 15 is 0 Å². The number of aryl methyl sites for hydroxylation is 1. The van der Waals surface area contributed by atoms with Gasteiger partial charge in [-0.15, -0.1) is 5.10 Å². The zero-order chi connectivity index (χ0) is 22.2. The normalized spacial score (nSPS) is 49.2. The van der Waals surface area contributed by atoms with E-state index in [4.69, 9.17) is 0 Å². The van der Waals surface area contributed by atoms with E-state index in [1.54, 1.807) is 4.68 Å². The average molecular weight is 429 g/mol. The third-order valence-electron chi connectivity index (χ3n) is 10.7. The second-order valence-corrected chi connectivity index (χ2v) is 12.4. The van der Waals surface area contributed by atoms with Crippen LogP contribution in [0.1, 0.15) is 84.9 Å². The van der Waals surface area contributed by atoms with Gasteiger partial charge in [-0.1, -0.05) is 20.8 Å². The fraction of sp³-hybridized carbons (Fsp3) is 0.920. The topological polar surface area (TPSA) is 80.9 Å². The molecule has 4 fully saturated rings. The first kappa shape index (κ1) is 21.5. The molecular formula is C25H40N4O2. The zero-order valence-electron chi connectivity index (χ0n) is 20.0. The Morgan fingerprint density at radius 1 is 1.10 bits per heavy atom. The maximum atomic E-state index is 13.4.